The first-order chi connectivity index (χ1) is 12.9. The van der Waals surface area contributed by atoms with Gasteiger partial charge >= 0.3 is 12.0 Å². The van der Waals surface area contributed by atoms with Gasteiger partial charge in [0, 0.05) is 26.1 Å². The standard InChI is InChI=1S/C20H29N3O4/c1-14(2)12-21-20(27)23-10-6-9-16(13-23)18(24)22-17(19(25)26)11-15-7-4-3-5-8-15/h3-5,7-8,14,16-17H,6,9-13H2,1-2H3,(H,21,27)(H,22,24)(H,25,26). The Morgan fingerprint density at radius 2 is 1.93 bits per heavy atom. The second-order valence-electron chi connectivity index (χ2n) is 7.45. The van der Waals surface area contributed by atoms with E-state index in [1.54, 1.807) is 4.90 Å². The molecule has 1 aliphatic heterocycles. The van der Waals surface area contributed by atoms with Crippen LogP contribution in [0.5, 0.6) is 0 Å². The van der Waals surface area contributed by atoms with Crippen LogP contribution in [-0.4, -0.2) is 53.6 Å². The maximum absolute atomic E-state index is 12.6. The number of carbonyl (C=O) groups excluding carboxylic acids is 2. The van der Waals surface area contributed by atoms with E-state index in [0.717, 1.165) is 12.0 Å². The number of amides is 3. The second-order valence-corrected chi connectivity index (χ2v) is 7.45. The van der Waals surface area contributed by atoms with Crippen LogP contribution < -0.4 is 10.6 Å². The molecule has 7 heteroatoms. The number of carbonyl (C=O) groups is 3. The van der Waals surface area contributed by atoms with Gasteiger partial charge in [-0.1, -0.05) is 44.2 Å². The van der Waals surface area contributed by atoms with Crippen LogP contribution in [0.1, 0.15) is 32.3 Å². The molecule has 0 aliphatic carbocycles. The summed E-state index contributed by atoms with van der Waals surface area (Å²) < 4.78 is 0. The molecule has 0 spiro atoms. The molecular weight excluding hydrogens is 346 g/mol. The molecule has 3 amide bonds. The van der Waals surface area contributed by atoms with Crippen molar-refractivity contribution in [2.75, 3.05) is 19.6 Å². The van der Waals surface area contributed by atoms with E-state index >= 15 is 0 Å². The lowest BCUT2D eigenvalue weighted by molar-refractivity contribution is -0.142. The van der Waals surface area contributed by atoms with E-state index in [1.165, 1.54) is 0 Å². The summed E-state index contributed by atoms with van der Waals surface area (Å²) in [6.45, 7) is 5.55. The molecule has 1 aliphatic rings. The fraction of sp³-hybridized carbons (Fsp3) is 0.550. The fourth-order valence-corrected chi connectivity index (χ4v) is 3.12. The molecular formula is C20H29N3O4. The summed E-state index contributed by atoms with van der Waals surface area (Å²) in [6.07, 6.45) is 1.61. The predicted molar refractivity (Wildman–Crippen MR) is 102 cm³/mol. The van der Waals surface area contributed by atoms with Crippen LogP contribution in [0.25, 0.3) is 0 Å². The Morgan fingerprint density at radius 3 is 2.56 bits per heavy atom. The van der Waals surface area contributed by atoms with Crippen LogP contribution in [0, 0.1) is 11.8 Å². The number of piperidine rings is 1. The van der Waals surface area contributed by atoms with Crippen molar-refractivity contribution in [3.8, 4) is 0 Å². The molecule has 7 nitrogen and oxygen atoms in total. The molecule has 3 N–H and O–H groups in total. The Labute approximate surface area is 160 Å². The van der Waals surface area contributed by atoms with Crippen LogP contribution in [0.4, 0.5) is 4.79 Å². The molecule has 0 aromatic heterocycles. The second kappa shape index (κ2) is 9.94. The van der Waals surface area contributed by atoms with Crippen LogP contribution in [0.2, 0.25) is 0 Å². The van der Waals surface area contributed by atoms with E-state index in [1.807, 2.05) is 44.2 Å². The van der Waals surface area contributed by atoms with Gasteiger partial charge < -0.3 is 20.6 Å². The molecule has 1 aromatic carbocycles. The number of nitrogens with one attached hydrogen (secondary N) is 2. The van der Waals surface area contributed by atoms with E-state index in [2.05, 4.69) is 10.6 Å². The van der Waals surface area contributed by atoms with Crippen LogP contribution in [-0.2, 0) is 16.0 Å². The van der Waals surface area contributed by atoms with Gasteiger partial charge in [-0.2, -0.15) is 0 Å². The number of rotatable bonds is 7. The van der Waals surface area contributed by atoms with Crippen LogP contribution >= 0.6 is 0 Å². The summed E-state index contributed by atoms with van der Waals surface area (Å²) in [4.78, 5) is 38.0. The number of likely N-dealkylation sites (tertiary alicyclic amines) is 1. The van der Waals surface area contributed by atoms with Gasteiger partial charge in [-0.15, -0.1) is 0 Å². The monoisotopic (exact) mass is 375 g/mol. The van der Waals surface area contributed by atoms with Crippen molar-refractivity contribution in [3.05, 3.63) is 35.9 Å². The van der Waals surface area contributed by atoms with Gasteiger partial charge in [0.05, 0.1) is 5.92 Å². The van der Waals surface area contributed by atoms with Crippen molar-refractivity contribution in [2.45, 2.75) is 39.2 Å². The molecule has 2 rings (SSSR count). The highest BCUT2D eigenvalue weighted by molar-refractivity contribution is 5.86. The van der Waals surface area contributed by atoms with E-state index in [0.29, 0.717) is 32.0 Å². The minimum Gasteiger partial charge on any atom is -0.480 e. The van der Waals surface area contributed by atoms with Gasteiger partial charge in [0.15, 0.2) is 0 Å². The van der Waals surface area contributed by atoms with Crippen molar-refractivity contribution in [1.82, 2.24) is 15.5 Å². The van der Waals surface area contributed by atoms with Crippen molar-refractivity contribution < 1.29 is 19.5 Å². The van der Waals surface area contributed by atoms with Crippen LogP contribution in [0.15, 0.2) is 30.3 Å². The third-order valence-corrected chi connectivity index (χ3v) is 4.64. The fourth-order valence-electron chi connectivity index (χ4n) is 3.12. The number of benzene rings is 1. The first-order valence-electron chi connectivity index (χ1n) is 9.46. The highest BCUT2D eigenvalue weighted by Crippen LogP contribution is 2.17. The summed E-state index contributed by atoms with van der Waals surface area (Å²) in [5, 5.41) is 15.0. The van der Waals surface area contributed by atoms with Crippen LogP contribution in [0.3, 0.4) is 0 Å². The normalized spacial score (nSPS) is 18.0. The summed E-state index contributed by atoms with van der Waals surface area (Å²) in [7, 11) is 0. The van der Waals surface area contributed by atoms with Gasteiger partial charge in [-0.25, -0.2) is 9.59 Å². The molecule has 0 radical (unpaired) electrons. The summed E-state index contributed by atoms with van der Waals surface area (Å²) >= 11 is 0. The average molecular weight is 375 g/mol. The third kappa shape index (κ3) is 6.58. The third-order valence-electron chi connectivity index (χ3n) is 4.64. The summed E-state index contributed by atoms with van der Waals surface area (Å²) in [6, 6.07) is 8.06. The first-order valence-corrected chi connectivity index (χ1v) is 9.46. The molecule has 1 heterocycles. The number of aliphatic carboxylic acids is 1. The lowest BCUT2D eigenvalue weighted by Gasteiger charge is -2.32. The van der Waals surface area contributed by atoms with Gasteiger partial charge in [-0.05, 0) is 24.3 Å². The Balaban J connectivity index is 1.92. The Morgan fingerprint density at radius 1 is 1.22 bits per heavy atom. The Kier molecular flexibility index (Phi) is 7.64. The maximum Gasteiger partial charge on any atom is 0.326 e. The minimum atomic E-state index is -1.06. The SMILES string of the molecule is CC(C)CNC(=O)N1CCCC(C(=O)NC(Cc2ccccc2)C(=O)O)C1. The molecule has 148 valence electrons. The predicted octanol–water partition coefficient (Wildman–Crippen LogP) is 1.88. The number of hydrogen-bond acceptors (Lipinski definition) is 3. The smallest absolute Gasteiger partial charge is 0.326 e. The molecule has 2 unspecified atom stereocenters. The lowest BCUT2D eigenvalue weighted by Crippen LogP contribution is -2.52. The number of urea groups is 1. The molecule has 0 saturated carbocycles. The molecule has 1 fully saturated rings. The van der Waals surface area contributed by atoms with E-state index in [-0.39, 0.29) is 24.3 Å². The molecule has 0 bridgehead atoms. The van der Waals surface area contributed by atoms with Gasteiger partial charge in [0.25, 0.3) is 0 Å². The first kappa shape index (κ1) is 20.7. The van der Waals surface area contributed by atoms with Crippen molar-refractivity contribution in [1.29, 1.82) is 0 Å². The topological polar surface area (TPSA) is 98.7 Å². The largest absolute Gasteiger partial charge is 0.480 e. The van der Waals surface area contributed by atoms with E-state index in [4.69, 9.17) is 0 Å². The summed E-state index contributed by atoms with van der Waals surface area (Å²) in [5.74, 6) is -1.40. The zero-order valence-electron chi connectivity index (χ0n) is 16.0. The van der Waals surface area contributed by atoms with Gasteiger partial charge in [0.1, 0.15) is 6.04 Å². The molecule has 1 saturated heterocycles. The number of carboxylic acids is 1. The maximum atomic E-state index is 12.6. The highest BCUT2D eigenvalue weighted by atomic mass is 16.4. The Hall–Kier alpha value is -2.57. The molecule has 27 heavy (non-hydrogen) atoms. The minimum absolute atomic E-state index is 0.166. The van der Waals surface area contributed by atoms with Gasteiger partial charge in [-0.3, -0.25) is 4.79 Å². The number of nitrogens with zero attached hydrogens (tertiary/aromatic N) is 1. The Bertz CT molecular complexity index is 648. The van der Waals surface area contributed by atoms with E-state index < -0.39 is 12.0 Å². The summed E-state index contributed by atoms with van der Waals surface area (Å²) in [5.41, 5.74) is 0.850. The molecule has 1 aromatic rings. The zero-order chi connectivity index (χ0) is 19.8. The van der Waals surface area contributed by atoms with Gasteiger partial charge in [0.2, 0.25) is 5.91 Å². The zero-order valence-corrected chi connectivity index (χ0v) is 16.0. The number of hydrogen-bond donors (Lipinski definition) is 3. The highest BCUT2D eigenvalue weighted by Gasteiger charge is 2.31. The quantitative estimate of drug-likeness (QED) is 0.678. The lowest BCUT2D eigenvalue weighted by atomic mass is 9.96. The molecule has 2 atom stereocenters. The van der Waals surface area contributed by atoms with E-state index in [9.17, 15) is 19.5 Å². The van der Waals surface area contributed by atoms with Crippen molar-refractivity contribution in [3.63, 3.8) is 0 Å². The number of carboxylic acid groups (broad SMARTS) is 1. The van der Waals surface area contributed by atoms with Crippen molar-refractivity contribution in [2.24, 2.45) is 11.8 Å². The van der Waals surface area contributed by atoms with Crippen molar-refractivity contribution >= 4 is 17.9 Å². The average Bonchev–Trinajstić information content (AvgIpc) is 2.66.